The van der Waals surface area contributed by atoms with E-state index in [0.29, 0.717) is 42.8 Å². The largest absolute Gasteiger partial charge is 0.573 e. The number of aromatic nitrogens is 2. The van der Waals surface area contributed by atoms with Crippen molar-refractivity contribution in [3.8, 4) is 11.6 Å². The van der Waals surface area contributed by atoms with Crippen LogP contribution >= 0.6 is 0 Å². The molecule has 3 aromatic rings. The van der Waals surface area contributed by atoms with Crippen LogP contribution in [0, 0.1) is 17.8 Å². The van der Waals surface area contributed by atoms with Crippen molar-refractivity contribution in [2.24, 2.45) is 24.8 Å². The first-order chi connectivity index (χ1) is 19.0. The number of alkyl halides is 3. The van der Waals surface area contributed by atoms with Crippen LogP contribution in [-0.4, -0.2) is 75.8 Å². The number of fused-ring (bicyclic) bond motifs is 1. The standard InChI is InChI=1S/C27H30F3N5O5/c1-32-15-24(31-17-32)39-26(37)35(10-18-5-3-6-19(9-18)40-27(28,29)30)14-23-21-12-34(13-22(21)23)16-25(36)33(2)11-20-7-4-8-38-20/h3-9,15,17,21-23H,10-14,16H2,1-2H3. The number of carbonyl (C=O) groups excluding carboxylic acids is 2. The van der Waals surface area contributed by atoms with E-state index in [9.17, 15) is 22.8 Å². The average Bonchev–Trinajstić information content (AvgIpc) is 3.36. The van der Waals surface area contributed by atoms with Gasteiger partial charge in [-0.1, -0.05) is 12.1 Å². The minimum Gasteiger partial charge on any atom is -0.467 e. The van der Waals surface area contributed by atoms with Crippen molar-refractivity contribution < 1.29 is 36.7 Å². The number of rotatable bonds is 10. The zero-order chi connectivity index (χ0) is 28.4. The molecule has 1 aliphatic carbocycles. The van der Waals surface area contributed by atoms with E-state index in [0.717, 1.165) is 13.1 Å². The normalized spacial score (nSPS) is 20.2. The maximum atomic E-state index is 13.1. The van der Waals surface area contributed by atoms with Crippen LogP contribution in [0.4, 0.5) is 18.0 Å². The van der Waals surface area contributed by atoms with Crippen LogP contribution in [-0.2, 0) is 24.9 Å². The van der Waals surface area contributed by atoms with Crippen LogP contribution in [0.3, 0.4) is 0 Å². The van der Waals surface area contributed by atoms with E-state index in [4.69, 9.17) is 9.15 Å². The summed E-state index contributed by atoms with van der Waals surface area (Å²) >= 11 is 0. The van der Waals surface area contributed by atoms with E-state index in [-0.39, 0.29) is 30.0 Å². The van der Waals surface area contributed by atoms with Crippen LogP contribution in [0.2, 0.25) is 0 Å². The lowest BCUT2D eigenvalue weighted by molar-refractivity contribution is -0.274. The van der Waals surface area contributed by atoms with Crippen LogP contribution in [0.15, 0.2) is 59.6 Å². The van der Waals surface area contributed by atoms with Crippen molar-refractivity contribution in [2.75, 3.05) is 33.2 Å². The van der Waals surface area contributed by atoms with Crippen molar-refractivity contribution in [3.63, 3.8) is 0 Å². The molecule has 0 radical (unpaired) electrons. The van der Waals surface area contributed by atoms with E-state index in [2.05, 4.69) is 14.6 Å². The third-order valence-corrected chi connectivity index (χ3v) is 7.27. The highest BCUT2D eigenvalue weighted by Crippen LogP contribution is 2.52. The number of carbonyl (C=O) groups is 2. The van der Waals surface area contributed by atoms with E-state index < -0.39 is 12.5 Å². The number of likely N-dealkylation sites (tertiary alicyclic amines) is 1. The van der Waals surface area contributed by atoms with Gasteiger partial charge in [-0.2, -0.15) is 0 Å². The Balaban J connectivity index is 1.19. The van der Waals surface area contributed by atoms with Crippen LogP contribution in [0.1, 0.15) is 11.3 Å². The van der Waals surface area contributed by atoms with Crippen LogP contribution in [0.5, 0.6) is 11.6 Å². The van der Waals surface area contributed by atoms with Crippen molar-refractivity contribution in [3.05, 3.63) is 66.5 Å². The lowest BCUT2D eigenvalue weighted by Gasteiger charge is -2.25. The first kappa shape index (κ1) is 27.6. The summed E-state index contributed by atoms with van der Waals surface area (Å²) in [6.07, 6.45) is -0.833. The number of ether oxygens (including phenoxy) is 2. The molecule has 5 rings (SSSR count). The second-order valence-electron chi connectivity index (χ2n) is 10.3. The highest BCUT2D eigenvalue weighted by atomic mass is 19.4. The molecule has 1 saturated carbocycles. The molecule has 1 saturated heterocycles. The minimum atomic E-state index is -4.82. The van der Waals surface area contributed by atoms with Gasteiger partial charge in [0.2, 0.25) is 11.8 Å². The molecule has 2 aliphatic rings. The second kappa shape index (κ2) is 11.2. The van der Waals surface area contributed by atoms with Gasteiger partial charge in [0.15, 0.2) is 0 Å². The summed E-state index contributed by atoms with van der Waals surface area (Å²) in [6.45, 7) is 2.56. The Morgan fingerprint density at radius 1 is 1.15 bits per heavy atom. The summed E-state index contributed by atoms with van der Waals surface area (Å²) in [5, 5.41) is 0. The van der Waals surface area contributed by atoms with Gasteiger partial charge in [0.1, 0.15) is 11.5 Å². The summed E-state index contributed by atoms with van der Waals surface area (Å²) in [5.74, 6) is 1.30. The Labute approximate surface area is 228 Å². The second-order valence-corrected chi connectivity index (χ2v) is 10.3. The average molecular weight is 562 g/mol. The Morgan fingerprint density at radius 3 is 2.58 bits per heavy atom. The Morgan fingerprint density at radius 2 is 1.93 bits per heavy atom. The lowest BCUT2D eigenvalue weighted by atomic mass is 10.2. The van der Waals surface area contributed by atoms with Crippen molar-refractivity contribution in [2.45, 2.75) is 19.5 Å². The number of hydrogen-bond acceptors (Lipinski definition) is 7. The summed E-state index contributed by atoms with van der Waals surface area (Å²) < 4.78 is 54.6. The van der Waals surface area contributed by atoms with Crippen molar-refractivity contribution in [1.82, 2.24) is 24.3 Å². The van der Waals surface area contributed by atoms with Gasteiger partial charge in [-0.25, -0.2) is 9.78 Å². The Kier molecular flexibility index (Phi) is 7.74. The fourth-order valence-corrected chi connectivity index (χ4v) is 5.29. The molecule has 2 aromatic heterocycles. The maximum Gasteiger partial charge on any atom is 0.573 e. The predicted octanol–water partition coefficient (Wildman–Crippen LogP) is 3.75. The molecular weight excluding hydrogens is 531 g/mol. The first-order valence-electron chi connectivity index (χ1n) is 12.8. The molecule has 10 nitrogen and oxygen atoms in total. The van der Waals surface area contributed by atoms with Crippen molar-refractivity contribution in [1.29, 1.82) is 0 Å². The summed E-state index contributed by atoms with van der Waals surface area (Å²) in [5.41, 5.74) is 0.470. The highest BCUT2D eigenvalue weighted by Gasteiger charge is 2.56. The summed E-state index contributed by atoms with van der Waals surface area (Å²) in [6, 6.07) is 9.15. The van der Waals surface area contributed by atoms with Gasteiger partial charge < -0.3 is 28.3 Å². The van der Waals surface area contributed by atoms with Gasteiger partial charge in [-0.15, -0.1) is 13.2 Å². The number of aryl methyl sites for hydroxylation is 1. The summed E-state index contributed by atoms with van der Waals surface area (Å²) in [4.78, 5) is 35.0. The monoisotopic (exact) mass is 561 g/mol. The number of piperidine rings is 1. The number of benzene rings is 1. The lowest BCUT2D eigenvalue weighted by Crippen LogP contribution is -2.40. The smallest absolute Gasteiger partial charge is 0.467 e. The highest BCUT2D eigenvalue weighted by molar-refractivity contribution is 5.78. The van der Waals surface area contributed by atoms with E-state index in [1.54, 1.807) is 48.2 Å². The van der Waals surface area contributed by atoms with E-state index in [1.165, 1.54) is 29.4 Å². The molecule has 2 fully saturated rings. The number of hydrogen-bond donors (Lipinski definition) is 0. The quantitative estimate of drug-likeness (QED) is 0.372. The van der Waals surface area contributed by atoms with Crippen molar-refractivity contribution >= 4 is 12.0 Å². The number of halogens is 3. The molecule has 13 heteroatoms. The predicted molar refractivity (Wildman–Crippen MR) is 135 cm³/mol. The topological polar surface area (TPSA) is 93.3 Å². The Hall–Kier alpha value is -4.00. The number of likely N-dealkylation sites (N-methyl/N-ethyl adjacent to an activating group) is 1. The SMILES string of the molecule is CN(Cc1ccco1)C(=O)CN1CC2C(C1)C2CN(Cc1cccc(OC(F)(F)F)c1)C(=O)Oc1cn(C)cn1. The molecule has 2 atom stereocenters. The fourth-order valence-electron chi connectivity index (χ4n) is 5.29. The molecule has 0 spiro atoms. The van der Waals surface area contributed by atoms with Crippen LogP contribution < -0.4 is 9.47 Å². The molecule has 3 heterocycles. The van der Waals surface area contributed by atoms with Gasteiger partial charge >= 0.3 is 12.5 Å². The number of nitrogens with zero attached hydrogens (tertiary/aromatic N) is 5. The number of imidazole rings is 1. The third-order valence-electron chi connectivity index (χ3n) is 7.27. The third kappa shape index (κ3) is 6.95. The van der Waals surface area contributed by atoms with Gasteiger partial charge in [0.05, 0.1) is 31.9 Å². The van der Waals surface area contributed by atoms with Gasteiger partial charge in [-0.3, -0.25) is 9.69 Å². The van der Waals surface area contributed by atoms with E-state index in [1.807, 2.05) is 6.07 Å². The number of amides is 2. The number of furan rings is 1. The molecular formula is C27H30F3N5O5. The molecule has 1 aromatic carbocycles. The zero-order valence-corrected chi connectivity index (χ0v) is 22.1. The molecule has 0 bridgehead atoms. The minimum absolute atomic E-state index is 0.00391. The Bertz CT molecular complexity index is 1320. The van der Waals surface area contributed by atoms with Gasteiger partial charge in [0.25, 0.3) is 0 Å². The van der Waals surface area contributed by atoms with Gasteiger partial charge in [0, 0.05) is 40.3 Å². The molecule has 40 heavy (non-hydrogen) atoms. The first-order valence-corrected chi connectivity index (χ1v) is 12.8. The molecule has 1 aliphatic heterocycles. The van der Waals surface area contributed by atoms with Gasteiger partial charge in [-0.05, 0) is 47.6 Å². The molecule has 0 N–H and O–H groups in total. The molecule has 2 unspecified atom stereocenters. The molecule has 2 amide bonds. The summed E-state index contributed by atoms with van der Waals surface area (Å²) in [7, 11) is 3.48. The fraction of sp³-hybridized carbons (Fsp3) is 0.444. The van der Waals surface area contributed by atoms with Crippen LogP contribution in [0.25, 0.3) is 0 Å². The maximum absolute atomic E-state index is 13.1. The molecule has 214 valence electrons. The zero-order valence-electron chi connectivity index (χ0n) is 22.1. The van der Waals surface area contributed by atoms with E-state index >= 15 is 0 Å².